The van der Waals surface area contributed by atoms with Crippen LogP contribution in [0.4, 0.5) is 0 Å². The number of aromatic amines is 2. The van der Waals surface area contributed by atoms with Gasteiger partial charge in [0.25, 0.3) is 0 Å². The molecule has 6 nitrogen and oxygen atoms in total. The van der Waals surface area contributed by atoms with Crippen molar-refractivity contribution < 1.29 is 19.1 Å². The molecule has 5 aromatic rings. The lowest BCUT2D eigenvalue weighted by atomic mass is 9.95. The lowest BCUT2D eigenvalue weighted by molar-refractivity contribution is 0.0559. The van der Waals surface area contributed by atoms with Crippen molar-refractivity contribution in [3.05, 3.63) is 58.6 Å². The Labute approximate surface area is 169 Å². The molecule has 0 fully saturated rings. The summed E-state index contributed by atoms with van der Waals surface area (Å²) >= 11 is 6.22. The third-order valence-corrected chi connectivity index (χ3v) is 5.48. The summed E-state index contributed by atoms with van der Waals surface area (Å²) < 4.78 is 10.1. The molecule has 0 unspecified atom stereocenters. The molecule has 29 heavy (non-hydrogen) atoms. The second-order valence-electron chi connectivity index (χ2n) is 6.72. The number of nitrogens with one attached hydrogen (secondary N) is 2. The minimum absolute atomic E-state index is 0.153. The van der Waals surface area contributed by atoms with Crippen molar-refractivity contribution in [2.24, 2.45) is 0 Å². The Morgan fingerprint density at radius 3 is 1.97 bits per heavy atom. The van der Waals surface area contributed by atoms with E-state index < -0.39 is 11.9 Å². The van der Waals surface area contributed by atoms with Gasteiger partial charge in [0.1, 0.15) is 0 Å². The quantitative estimate of drug-likeness (QED) is 0.395. The summed E-state index contributed by atoms with van der Waals surface area (Å²) in [7, 11) is 2.58. The summed E-state index contributed by atoms with van der Waals surface area (Å²) in [5.74, 6) is -1.23. The molecule has 3 aromatic carbocycles. The largest absolute Gasteiger partial charge is 0.465 e. The molecule has 144 valence electrons. The van der Waals surface area contributed by atoms with Crippen LogP contribution in [0.1, 0.15) is 20.7 Å². The number of aromatic nitrogens is 2. The van der Waals surface area contributed by atoms with E-state index in [9.17, 15) is 9.59 Å². The first-order valence-electron chi connectivity index (χ1n) is 8.89. The molecule has 2 heterocycles. The van der Waals surface area contributed by atoms with Gasteiger partial charge >= 0.3 is 11.9 Å². The van der Waals surface area contributed by atoms with Gasteiger partial charge in [-0.15, -0.1) is 0 Å². The van der Waals surface area contributed by atoms with Gasteiger partial charge in [0.15, 0.2) is 0 Å². The van der Waals surface area contributed by atoms with Gasteiger partial charge in [-0.05, 0) is 24.3 Å². The molecular formula is C22H15ClN2O4. The molecule has 7 heteroatoms. The molecule has 0 radical (unpaired) electrons. The van der Waals surface area contributed by atoms with Crippen LogP contribution < -0.4 is 0 Å². The summed E-state index contributed by atoms with van der Waals surface area (Å²) in [5, 5.41) is 3.22. The van der Waals surface area contributed by atoms with Gasteiger partial charge in [0.05, 0.1) is 36.4 Å². The van der Waals surface area contributed by atoms with Crippen LogP contribution in [0.3, 0.4) is 0 Å². The fraction of sp³-hybridized carbons (Fsp3) is 0.0909. The maximum absolute atomic E-state index is 12.9. The Bertz CT molecular complexity index is 1480. The predicted molar refractivity (Wildman–Crippen MR) is 113 cm³/mol. The highest BCUT2D eigenvalue weighted by Crippen LogP contribution is 2.41. The fourth-order valence-corrected chi connectivity index (χ4v) is 4.23. The van der Waals surface area contributed by atoms with Gasteiger partial charge in [-0.25, -0.2) is 9.59 Å². The average Bonchev–Trinajstić information content (AvgIpc) is 3.30. The summed E-state index contributed by atoms with van der Waals surface area (Å²) in [5.41, 5.74) is 3.35. The van der Waals surface area contributed by atoms with Gasteiger partial charge in [-0.1, -0.05) is 29.8 Å². The molecule has 0 amide bonds. The third kappa shape index (κ3) is 2.36. The second-order valence-corrected chi connectivity index (χ2v) is 7.16. The van der Waals surface area contributed by atoms with E-state index in [1.165, 1.54) is 14.2 Å². The van der Waals surface area contributed by atoms with Crippen LogP contribution in [0, 0.1) is 0 Å². The normalized spacial score (nSPS) is 11.6. The first kappa shape index (κ1) is 17.6. The van der Waals surface area contributed by atoms with Gasteiger partial charge in [0.2, 0.25) is 0 Å². The molecule has 5 rings (SSSR count). The number of methoxy groups -OCH3 is 2. The smallest absolute Gasteiger partial charge is 0.339 e. The minimum Gasteiger partial charge on any atom is -0.465 e. The van der Waals surface area contributed by atoms with Gasteiger partial charge < -0.3 is 19.4 Å². The van der Waals surface area contributed by atoms with Crippen molar-refractivity contribution in [3.8, 4) is 0 Å². The highest BCUT2D eigenvalue weighted by atomic mass is 35.5. The molecule has 2 N–H and O–H groups in total. The monoisotopic (exact) mass is 406 g/mol. The Kier molecular flexibility index (Phi) is 3.79. The summed E-state index contributed by atoms with van der Waals surface area (Å²) in [6.45, 7) is 0. The number of H-pyrrole nitrogens is 2. The van der Waals surface area contributed by atoms with Crippen LogP contribution in [-0.4, -0.2) is 36.1 Å². The van der Waals surface area contributed by atoms with Crippen LogP contribution in [-0.2, 0) is 9.47 Å². The van der Waals surface area contributed by atoms with E-state index in [0.29, 0.717) is 26.8 Å². The number of benzene rings is 3. The molecule has 0 saturated heterocycles. The Hall–Kier alpha value is -3.51. The van der Waals surface area contributed by atoms with E-state index in [0.717, 1.165) is 21.8 Å². The highest BCUT2D eigenvalue weighted by molar-refractivity contribution is 6.35. The van der Waals surface area contributed by atoms with E-state index >= 15 is 0 Å². The highest BCUT2D eigenvalue weighted by Gasteiger charge is 2.30. The minimum atomic E-state index is -0.622. The SMILES string of the molecule is COC(=O)c1c(C(=O)OC)c2c3cc(Cl)ccc3[nH]c2c2[nH]c3ccccc3c12. The third-order valence-electron chi connectivity index (χ3n) is 5.25. The summed E-state index contributed by atoms with van der Waals surface area (Å²) in [4.78, 5) is 32.5. The lowest BCUT2D eigenvalue weighted by Gasteiger charge is -2.11. The van der Waals surface area contributed by atoms with Crippen molar-refractivity contribution in [3.63, 3.8) is 0 Å². The number of rotatable bonds is 2. The van der Waals surface area contributed by atoms with Crippen LogP contribution in [0.25, 0.3) is 43.6 Å². The Morgan fingerprint density at radius 2 is 1.34 bits per heavy atom. The zero-order chi connectivity index (χ0) is 20.3. The number of ether oxygens (including phenoxy) is 2. The average molecular weight is 407 g/mol. The van der Waals surface area contributed by atoms with Gasteiger partial charge in [0, 0.05) is 37.6 Å². The van der Waals surface area contributed by atoms with Crippen molar-refractivity contribution in [1.82, 2.24) is 9.97 Å². The fourth-order valence-electron chi connectivity index (χ4n) is 4.06. The van der Waals surface area contributed by atoms with Crippen LogP contribution in [0.5, 0.6) is 0 Å². The van der Waals surface area contributed by atoms with Crippen LogP contribution >= 0.6 is 11.6 Å². The van der Waals surface area contributed by atoms with Crippen LogP contribution in [0.2, 0.25) is 5.02 Å². The van der Waals surface area contributed by atoms with Gasteiger partial charge in [-0.2, -0.15) is 0 Å². The number of carbonyl (C=O) groups is 2. The number of esters is 2. The molecule has 0 aliphatic heterocycles. The predicted octanol–water partition coefficient (Wildman–Crippen LogP) is 5.18. The molecule has 0 spiro atoms. The maximum Gasteiger partial charge on any atom is 0.339 e. The number of hydrogen-bond donors (Lipinski definition) is 2. The molecule has 0 atom stereocenters. The maximum atomic E-state index is 12.9. The van der Waals surface area contributed by atoms with E-state index in [4.69, 9.17) is 21.1 Å². The number of para-hydroxylation sites is 1. The van der Waals surface area contributed by atoms with Crippen molar-refractivity contribution in [2.75, 3.05) is 14.2 Å². The molecule has 0 aliphatic carbocycles. The number of halogens is 1. The molecule has 0 aliphatic rings. The molecule has 0 saturated carbocycles. The van der Waals surface area contributed by atoms with Crippen molar-refractivity contribution in [2.45, 2.75) is 0 Å². The standard InChI is InChI=1S/C22H15ClN2O4/c1-28-21(26)17-15-11-5-3-4-6-13(11)24-19(15)20-16(18(17)22(27)29-2)12-9-10(23)7-8-14(12)25-20/h3-9,24-25H,1-2H3. The zero-order valence-corrected chi connectivity index (χ0v) is 16.3. The van der Waals surface area contributed by atoms with Crippen molar-refractivity contribution >= 4 is 67.2 Å². The van der Waals surface area contributed by atoms with Gasteiger partial charge in [-0.3, -0.25) is 0 Å². The topological polar surface area (TPSA) is 84.2 Å². The number of fused-ring (bicyclic) bond motifs is 7. The lowest BCUT2D eigenvalue weighted by Crippen LogP contribution is -2.13. The first-order chi connectivity index (χ1) is 14.0. The van der Waals surface area contributed by atoms with E-state index in [-0.39, 0.29) is 11.1 Å². The number of carbonyl (C=O) groups excluding carboxylic acids is 2. The first-order valence-corrected chi connectivity index (χ1v) is 9.27. The van der Waals surface area contributed by atoms with E-state index in [1.807, 2.05) is 30.3 Å². The molecule has 2 aromatic heterocycles. The van der Waals surface area contributed by atoms with Crippen molar-refractivity contribution in [1.29, 1.82) is 0 Å². The van der Waals surface area contributed by atoms with E-state index in [2.05, 4.69) is 9.97 Å². The zero-order valence-electron chi connectivity index (χ0n) is 15.6. The molecular weight excluding hydrogens is 392 g/mol. The number of hydrogen-bond acceptors (Lipinski definition) is 4. The molecule has 0 bridgehead atoms. The summed E-state index contributed by atoms with van der Waals surface area (Å²) in [6, 6.07) is 13.0. The Balaban J connectivity index is 2.16. The Morgan fingerprint density at radius 1 is 0.793 bits per heavy atom. The second kappa shape index (κ2) is 6.25. The van der Waals surface area contributed by atoms with Crippen LogP contribution in [0.15, 0.2) is 42.5 Å². The van der Waals surface area contributed by atoms with E-state index in [1.54, 1.807) is 12.1 Å². The summed E-state index contributed by atoms with van der Waals surface area (Å²) in [6.07, 6.45) is 0.